The van der Waals surface area contributed by atoms with E-state index in [4.69, 9.17) is 17.9 Å². The van der Waals surface area contributed by atoms with E-state index in [1.165, 1.54) is 24.3 Å². The Morgan fingerprint density at radius 1 is 1.37 bits per heavy atom. The van der Waals surface area contributed by atoms with Crippen LogP contribution >= 0.6 is 0 Å². The third-order valence-corrected chi connectivity index (χ3v) is 3.08. The molecule has 2 N–H and O–H groups in total. The third kappa shape index (κ3) is 2.67. The first-order valence-corrected chi connectivity index (χ1v) is 5.86. The van der Waals surface area contributed by atoms with E-state index in [9.17, 15) is 14.9 Å². The van der Waals surface area contributed by atoms with Crippen molar-refractivity contribution >= 4 is 24.2 Å². The quantitative estimate of drug-likeness (QED) is 0.458. The molecule has 1 fully saturated rings. The zero-order valence-electron chi connectivity index (χ0n) is 9.57. The van der Waals surface area contributed by atoms with Gasteiger partial charge in [0.1, 0.15) is 5.92 Å². The number of carbonyl (C=O) groups is 1. The lowest BCUT2D eigenvalue weighted by Gasteiger charge is -2.38. The maximum absolute atomic E-state index is 11.6. The molecule has 3 atom stereocenters. The van der Waals surface area contributed by atoms with Crippen LogP contribution in [0, 0.1) is 27.4 Å². The molecule has 0 aliphatic carbocycles. The number of carbonyl (C=O) groups excluding carboxylic acids is 1. The summed E-state index contributed by atoms with van der Waals surface area (Å²) in [7, 11) is 0. The first-order chi connectivity index (χ1) is 9.02. The van der Waals surface area contributed by atoms with Gasteiger partial charge in [-0.25, -0.2) is 0 Å². The minimum absolute atomic E-state index is 0.0487. The van der Waals surface area contributed by atoms with Gasteiger partial charge in [-0.2, -0.15) is 5.26 Å². The topological polar surface area (TPSA) is 108 Å². The average Bonchev–Trinajstić information content (AvgIpc) is 2.38. The van der Waals surface area contributed by atoms with Gasteiger partial charge in [0.05, 0.1) is 17.0 Å². The van der Waals surface area contributed by atoms with Gasteiger partial charge in [0.2, 0.25) is 5.91 Å². The lowest BCUT2D eigenvalue weighted by atomic mass is 9.92. The summed E-state index contributed by atoms with van der Waals surface area (Å²) >= 11 is 4.95. The van der Waals surface area contributed by atoms with Gasteiger partial charge in [-0.3, -0.25) is 14.9 Å². The first-order valence-electron chi connectivity index (χ1n) is 5.39. The summed E-state index contributed by atoms with van der Waals surface area (Å²) in [6, 6.07) is 7.03. The van der Waals surface area contributed by atoms with Crippen LogP contribution in [0.5, 0.6) is 0 Å². The van der Waals surface area contributed by atoms with Crippen LogP contribution in [-0.4, -0.2) is 16.3 Å². The van der Waals surface area contributed by atoms with Gasteiger partial charge in [0, 0.05) is 12.1 Å². The van der Waals surface area contributed by atoms with Crippen LogP contribution in [0.25, 0.3) is 0 Å². The molecule has 0 saturated carbocycles. The van der Waals surface area contributed by atoms with Crippen LogP contribution in [0.15, 0.2) is 24.3 Å². The number of nitro benzene ring substituents is 1. The van der Waals surface area contributed by atoms with Crippen molar-refractivity contribution in [2.75, 3.05) is 0 Å². The summed E-state index contributed by atoms with van der Waals surface area (Å²) in [6.45, 7) is 0. The van der Waals surface area contributed by atoms with Crippen LogP contribution in [0.4, 0.5) is 5.69 Å². The van der Waals surface area contributed by atoms with Crippen LogP contribution in [-0.2, 0) is 17.4 Å². The standard InChI is InChI=1S/C11H10N4O3S/c12-5-8-9(13-11(19)14-10(8)16)6-1-3-7(4-2-6)15(17)18/h1-4,8-9,11,13,19H,(H,14,16)/p-1. The molecule has 19 heavy (non-hydrogen) atoms. The van der Waals surface area contributed by atoms with E-state index in [0.717, 1.165) is 0 Å². The van der Waals surface area contributed by atoms with E-state index >= 15 is 0 Å². The number of hydrogen-bond acceptors (Lipinski definition) is 6. The number of nitriles is 1. The SMILES string of the molecule is N#CC1C(=O)NC([S-])NC1c1ccc([N+](=O)[O-])cc1. The molecular formula is C11H9N4O3S-. The van der Waals surface area contributed by atoms with Gasteiger partial charge in [0.25, 0.3) is 5.69 Å². The minimum atomic E-state index is -0.916. The zero-order valence-corrected chi connectivity index (χ0v) is 10.4. The Morgan fingerprint density at radius 3 is 2.53 bits per heavy atom. The molecule has 1 aliphatic heterocycles. The molecular weight excluding hydrogens is 268 g/mol. The zero-order chi connectivity index (χ0) is 14.0. The molecule has 3 unspecified atom stereocenters. The molecule has 0 spiro atoms. The van der Waals surface area contributed by atoms with Crippen LogP contribution in [0.2, 0.25) is 0 Å². The molecule has 0 aromatic heterocycles. The van der Waals surface area contributed by atoms with Crippen molar-refractivity contribution in [3.8, 4) is 6.07 Å². The molecule has 1 amide bonds. The normalized spacial score (nSPS) is 26.3. The van der Waals surface area contributed by atoms with E-state index in [1.807, 2.05) is 6.07 Å². The Balaban J connectivity index is 2.30. The highest BCUT2D eigenvalue weighted by molar-refractivity contribution is 7.59. The monoisotopic (exact) mass is 277 g/mol. The molecule has 1 saturated heterocycles. The second-order valence-corrected chi connectivity index (χ2v) is 4.46. The highest BCUT2D eigenvalue weighted by Crippen LogP contribution is 2.26. The predicted molar refractivity (Wildman–Crippen MR) is 67.4 cm³/mol. The number of nitrogens with zero attached hydrogens (tertiary/aromatic N) is 2. The van der Waals surface area contributed by atoms with Gasteiger partial charge >= 0.3 is 0 Å². The Morgan fingerprint density at radius 2 is 2.00 bits per heavy atom. The van der Waals surface area contributed by atoms with Gasteiger partial charge in [-0.15, -0.1) is 0 Å². The highest BCUT2D eigenvalue weighted by Gasteiger charge is 2.33. The van der Waals surface area contributed by atoms with Crippen LogP contribution in [0.3, 0.4) is 0 Å². The summed E-state index contributed by atoms with van der Waals surface area (Å²) < 4.78 is 0. The molecule has 1 aliphatic rings. The minimum Gasteiger partial charge on any atom is -0.753 e. The van der Waals surface area contributed by atoms with Crippen molar-refractivity contribution in [2.45, 2.75) is 11.5 Å². The van der Waals surface area contributed by atoms with Crippen LogP contribution in [0.1, 0.15) is 11.6 Å². The van der Waals surface area contributed by atoms with Crippen molar-refractivity contribution < 1.29 is 9.72 Å². The fourth-order valence-electron chi connectivity index (χ4n) is 1.90. The number of non-ortho nitro benzene ring substituents is 1. The summed E-state index contributed by atoms with van der Waals surface area (Å²) in [6.07, 6.45) is 0. The van der Waals surface area contributed by atoms with Crippen molar-refractivity contribution in [2.24, 2.45) is 5.92 Å². The Labute approximate surface area is 114 Å². The van der Waals surface area contributed by atoms with Gasteiger partial charge < -0.3 is 23.3 Å². The van der Waals surface area contributed by atoms with Gasteiger partial charge in [0.15, 0.2) is 0 Å². The first kappa shape index (κ1) is 13.3. The van der Waals surface area contributed by atoms with E-state index in [0.29, 0.717) is 5.56 Å². The summed E-state index contributed by atoms with van der Waals surface area (Å²) in [5.74, 6) is -1.36. The summed E-state index contributed by atoms with van der Waals surface area (Å²) in [4.78, 5) is 21.7. The number of nitro groups is 1. The average molecular weight is 277 g/mol. The van der Waals surface area contributed by atoms with Crippen molar-refractivity contribution in [3.63, 3.8) is 0 Å². The van der Waals surface area contributed by atoms with Crippen molar-refractivity contribution in [1.82, 2.24) is 10.6 Å². The van der Waals surface area contributed by atoms with Crippen LogP contribution < -0.4 is 10.6 Å². The van der Waals surface area contributed by atoms with Gasteiger partial charge in [-0.1, -0.05) is 12.1 Å². The molecule has 1 aromatic rings. The molecule has 2 rings (SSSR count). The fraction of sp³-hybridized carbons (Fsp3) is 0.273. The second-order valence-electron chi connectivity index (χ2n) is 3.99. The molecule has 7 nitrogen and oxygen atoms in total. The number of benzene rings is 1. The smallest absolute Gasteiger partial charge is 0.269 e. The largest absolute Gasteiger partial charge is 0.753 e. The number of nitrogens with one attached hydrogen (secondary N) is 2. The Hall–Kier alpha value is -2.11. The molecule has 1 heterocycles. The lowest BCUT2D eigenvalue weighted by molar-refractivity contribution is -0.384. The Bertz CT molecular complexity index is 554. The molecule has 1 aromatic carbocycles. The fourth-order valence-corrected chi connectivity index (χ4v) is 2.16. The maximum atomic E-state index is 11.6. The molecule has 0 radical (unpaired) electrons. The van der Waals surface area contributed by atoms with Crippen molar-refractivity contribution in [3.05, 3.63) is 39.9 Å². The molecule has 0 bridgehead atoms. The third-order valence-electron chi connectivity index (χ3n) is 2.82. The Kier molecular flexibility index (Phi) is 3.69. The molecule has 98 valence electrons. The summed E-state index contributed by atoms with van der Waals surface area (Å²) in [5, 5.41) is 24.9. The van der Waals surface area contributed by atoms with E-state index in [1.54, 1.807) is 0 Å². The van der Waals surface area contributed by atoms with Gasteiger partial charge in [-0.05, 0) is 11.1 Å². The van der Waals surface area contributed by atoms with E-state index < -0.39 is 28.3 Å². The number of rotatable bonds is 2. The van der Waals surface area contributed by atoms with E-state index in [2.05, 4.69) is 10.6 Å². The second kappa shape index (κ2) is 5.26. The summed E-state index contributed by atoms with van der Waals surface area (Å²) in [5.41, 5.74) is -0.105. The lowest BCUT2D eigenvalue weighted by Crippen LogP contribution is -2.56. The molecule has 8 heteroatoms. The number of hydrogen-bond donors (Lipinski definition) is 2. The predicted octanol–water partition coefficient (Wildman–Crippen LogP) is 0.326. The highest BCUT2D eigenvalue weighted by atomic mass is 32.1. The maximum Gasteiger partial charge on any atom is 0.269 e. The van der Waals surface area contributed by atoms with E-state index in [-0.39, 0.29) is 5.69 Å². The van der Waals surface area contributed by atoms with Crippen molar-refractivity contribution in [1.29, 1.82) is 5.26 Å². The number of amides is 1.